The summed E-state index contributed by atoms with van der Waals surface area (Å²) in [5.41, 5.74) is 2.55. The molecule has 0 radical (unpaired) electrons. The van der Waals surface area contributed by atoms with Gasteiger partial charge in [0.2, 0.25) is 0 Å². The van der Waals surface area contributed by atoms with Gasteiger partial charge >= 0.3 is 6.09 Å². The molecule has 6 nitrogen and oxygen atoms in total. The zero-order chi connectivity index (χ0) is 18.3. The number of piperidine rings is 1. The molecule has 1 aromatic heterocycles. The number of rotatable bonds is 6. The molecule has 0 unspecified atom stereocenters. The van der Waals surface area contributed by atoms with Crippen molar-refractivity contribution in [3.63, 3.8) is 0 Å². The summed E-state index contributed by atoms with van der Waals surface area (Å²) in [6.45, 7) is 8.02. The highest BCUT2D eigenvalue weighted by molar-refractivity contribution is 5.71. The van der Waals surface area contributed by atoms with Gasteiger partial charge in [-0.25, -0.2) is 4.79 Å². The van der Waals surface area contributed by atoms with Crippen LogP contribution in [0.15, 0.2) is 6.20 Å². The molecule has 3 aliphatic rings. The van der Waals surface area contributed by atoms with Crippen LogP contribution in [0.1, 0.15) is 69.5 Å². The fourth-order valence-corrected chi connectivity index (χ4v) is 4.68. The van der Waals surface area contributed by atoms with Gasteiger partial charge in [-0.3, -0.25) is 9.58 Å². The summed E-state index contributed by atoms with van der Waals surface area (Å²) in [4.78, 5) is 16.8. The van der Waals surface area contributed by atoms with E-state index in [1.165, 1.54) is 24.1 Å². The van der Waals surface area contributed by atoms with Crippen LogP contribution in [0.2, 0.25) is 0 Å². The minimum absolute atomic E-state index is 0.109. The van der Waals surface area contributed by atoms with Crippen LogP contribution in [0.4, 0.5) is 4.79 Å². The Morgan fingerprint density at radius 2 is 2.08 bits per heavy atom. The molecule has 0 aromatic carbocycles. The molecule has 1 aliphatic carbocycles. The monoisotopic (exact) mass is 360 g/mol. The molecular weight excluding hydrogens is 328 g/mol. The van der Waals surface area contributed by atoms with Crippen molar-refractivity contribution in [1.82, 2.24) is 19.6 Å². The minimum atomic E-state index is -0.260. The van der Waals surface area contributed by atoms with Crippen LogP contribution >= 0.6 is 0 Å². The minimum Gasteiger partial charge on any atom is -0.441 e. The number of nitrogens with zero attached hydrogens (tertiary/aromatic N) is 4. The van der Waals surface area contributed by atoms with Gasteiger partial charge in [0.25, 0.3) is 0 Å². The number of likely N-dealkylation sites (tertiary alicyclic amines) is 1. The van der Waals surface area contributed by atoms with E-state index in [4.69, 9.17) is 4.74 Å². The lowest BCUT2D eigenvalue weighted by Gasteiger charge is -2.37. The summed E-state index contributed by atoms with van der Waals surface area (Å²) in [5, 5.41) is 4.48. The number of hydrogen-bond acceptors (Lipinski definition) is 4. The van der Waals surface area contributed by atoms with Crippen LogP contribution in [-0.4, -0.2) is 57.0 Å². The number of carbonyl (C=O) groups is 1. The van der Waals surface area contributed by atoms with Crippen LogP contribution in [0.25, 0.3) is 0 Å². The summed E-state index contributed by atoms with van der Waals surface area (Å²) < 4.78 is 7.95. The van der Waals surface area contributed by atoms with Gasteiger partial charge in [-0.1, -0.05) is 13.3 Å². The Hall–Kier alpha value is -1.56. The van der Waals surface area contributed by atoms with Crippen molar-refractivity contribution in [1.29, 1.82) is 0 Å². The first kappa shape index (κ1) is 17.8. The number of carbonyl (C=O) groups excluding carboxylic acids is 1. The van der Waals surface area contributed by atoms with E-state index in [2.05, 4.69) is 35.6 Å². The molecule has 6 heteroatoms. The third kappa shape index (κ3) is 3.36. The van der Waals surface area contributed by atoms with Crippen LogP contribution in [-0.2, 0) is 18.3 Å². The molecule has 2 saturated heterocycles. The van der Waals surface area contributed by atoms with Crippen molar-refractivity contribution in [2.24, 2.45) is 7.05 Å². The molecule has 1 atom stereocenters. The Labute approximate surface area is 156 Å². The van der Waals surface area contributed by atoms with E-state index < -0.39 is 0 Å². The SMILES string of the molecule is CCC[C@@H](C)N1CC2(CCN(Cc3cnn(C)c3C3CC3)CC2)OC1=O. The first-order chi connectivity index (χ1) is 12.5. The number of amides is 1. The van der Waals surface area contributed by atoms with E-state index in [0.717, 1.165) is 57.8 Å². The first-order valence-corrected chi connectivity index (χ1v) is 10.2. The van der Waals surface area contributed by atoms with Crippen molar-refractivity contribution in [3.05, 3.63) is 17.5 Å². The molecule has 0 bridgehead atoms. The van der Waals surface area contributed by atoms with Crippen molar-refractivity contribution in [3.8, 4) is 0 Å². The molecular formula is C20H32N4O2. The second-order valence-electron chi connectivity index (χ2n) is 8.55. The lowest BCUT2D eigenvalue weighted by molar-refractivity contribution is -0.00138. The van der Waals surface area contributed by atoms with Gasteiger partial charge in [-0.15, -0.1) is 0 Å². The number of aryl methyl sites for hydroxylation is 1. The molecule has 2 aliphatic heterocycles. The lowest BCUT2D eigenvalue weighted by Crippen LogP contribution is -2.47. The molecule has 3 heterocycles. The standard InChI is InChI=1S/C20H32N4O2/c1-4-5-15(2)24-14-20(26-19(24)25)8-10-23(11-9-20)13-17-12-21-22(3)18(17)16-6-7-16/h12,15-16H,4-11,13-14H2,1-3H3/t15-/m1/s1. The van der Waals surface area contributed by atoms with E-state index in [-0.39, 0.29) is 17.7 Å². The zero-order valence-electron chi connectivity index (χ0n) is 16.4. The molecule has 3 fully saturated rings. The summed E-state index contributed by atoms with van der Waals surface area (Å²) in [5.74, 6) is 0.720. The maximum Gasteiger partial charge on any atom is 0.410 e. The quantitative estimate of drug-likeness (QED) is 0.781. The second kappa shape index (κ2) is 6.87. The van der Waals surface area contributed by atoms with Crippen molar-refractivity contribution in [2.75, 3.05) is 19.6 Å². The van der Waals surface area contributed by atoms with E-state index in [1.807, 2.05) is 11.1 Å². The molecule has 1 amide bonds. The predicted octanol–water partition coefficient (Wildman–Crippen LogP) is 3.27. The normalized spacial score (nSPS) is 24.3. The molecule has 1 aromatic rings. The van der Waals surface area contributed by atoms with E-state index >= 15 is 0 Å². The van der Waals surface area contributed by atoms with Crippen molar-refractivity contribution in [2.45, 2.75) is 76.5 Å². The van der Waals surface area contributed by atoms with Gasteiger partial charge in [0, 0.05) is 62.7 Å². The second-order valence-corrected chi connectivity index (χ2v) is 8.55. The van der Waals surface area contributed by atoms with Gasteiger partial charge in [-0.05, 0) is 26.2 Å². The summed E-state index contributed by atoms with van der Waals surface area (Å²) in [6.07, 6.45) is 8.56. The van der Waals surface area contributed by atoms with Gasteiger partial charge in [0.1, 0.15) is 5.60 Å². The predicted molar refractivity (Wildman–Crippen MR) is 100.0 cm³/mol. The zero-order valence-corrected chi connectivity index (χ0v) is 16.4. The number of hydrogen-bond donors (Lipinski definition) is 0. The lowest BCUT2D eigenvalue weighted by atomic mass is 9.90. The summed E-state index contributed by atoms with van der Waals surface area (Å²) >= 11 is 0. The number of ether oxygens (including phenoxy) is 1. The van der Waals surface area contributed by atoms with Crippen molar-refractivity contribution < 1.29 is 9.53 Å². The van der Waals surface area contributed by atoms with Crippen LogP contribution in [0.5, 0.6) is 0 Å². The van der Waals surface area contributed by atoms with Crippen LogP contribution in [0, 0.1) is 0 Å². The first-order valence-electron chi connectivity index (χ1n) is 10.2. The third-order valence-electron chi connectivity index (χ3n) is 6.43. The Morgan fingerprint density at radius 1 is 1.35 bits per heavy atom. The number of aromatic nitrogens is 2. The fraction of sp³-hybridized carbons (Fsp3) is 0.800. The van der Waals surface area contributed by atoms with E-state index in [9.17, 15) is 4.79 Å². The molecule has 26 heavy (non-hydrogen) atoms. The van der Waals surface area contributed by atoms with Gasteiger partial charge in [0.05, 0.1) is 12.7 Å². The smallest absolute Gasteiger partial charge is 0.410 e. The van der Waals surface area contributed by atoms with Gasteiger partial charge in [0.15, 0.2) is 0 Å². The highest BCUT2D eigenvalue weighted by atomic mass is 16.6. The van der Waals surface area contributed by atoms with Gasteiger partial charge in [-0.2, -0.15) is 5.10 Å². The Balaban J connectivity index is 1.35. The average Bonchev–Trinajstić information content (AvgIpc) is 3.31. The highest BCUT2D eigenvalue weighted by Gasteiger charge is 2.48. The molecule has 0 N–H and O–H groups in total. The van der Waals surface area contributed by atoms with Crippen LogP contribution < -0.4 is 0 Å². The molecule has 1 spiro atoms. The van der Waals surface area contributed by atoms with E-state index in [1.54, 1.807) is 0 Å². The average molecular weight is 361 g/mol. The molecule has 4 rings (SSSR count). The Bertz CT molecular complexity index is 659. The summed E-state index contributed by atoms with van der Waals surface area (Å²) in [6, 6.07) is 0.279. The fourth-order valence-electron chi connectivity index (χ4n) is 4.68. The maximum absolute atomic E-state index is 12.3. The summed E-state index contributed by atoms with van der Waals surface area (Å²) in [7, 11) is 2.06. The topological polar surface area (TPSA) is 50.6 Å². The van der Waals surface area contributed by atoms with Gasteiger partial charge < -0.3 is 9.64 Å². The maximum atomic E-state index is 12.3. The van der Waals surface area contributed by atoms with E-state index in [0.29, 0.717) is 0 Å². The molecule has 144 valence electrons. The molecule has 1 saturated carbocycles. The van der Waals surface area contributed by atoms with Crippen LogP contribution in [0.3, 0.4) is 0 Å². The Morgan fingerprint density at radius 3 is 2.73 bits per heavy atom. The third-order valence-corrected chi connectivity index (χ3v) is 6.43. The van der Waals surface area contributed by atoms with Crippen molar-refractivity contribution >= 4 is 6.09 Å². The highest BCUT2D eigenvalue weighted by Crippen LogP contribution is 2.42. The largest absolute Gasteiger partial charge is 0.441 e. The Kier molecular flexibility index (Phi) is 4.71.